The largest absolute Gasteiger partial charge is 0.328 e. The quantitative estimate of drug-likeness (QED) is 0.766. The van der Waals surface area contributed by atoms with Crippen LogP contribution < -0.4 is 5.73 Å². The predicted octanol–water partition coefficient (Wildman–Crippen LogP) is 2.90. The maximum atomic E-state index is 13.9. The highest BCUT2D eigenvalue weighted by Gasteiger charge is 2.32. The highest BCUT2D eigenvalue weighted by molar-refractivity contribution is 9.10. The summed E-state index contributed by atoms with van der Waals surface area (Å²) in [4.78, 5) is -0.623. The van der Waals surface area contributed by atoms with E-state index >= 15 is 0 Å². The monoisotopic (exact) mass is 418 g/mol. The molecule has 0 aromatic heterocycles. The van der Waals surface area contributed by atoms with Crippen LogP contribution in [0.25, 0.3) is 0 Å². The number of benzene rings is 1. The van der Waals surface area contributed by atoms with Crippen LogP contribution >= 0.6 is 28.3 Å². The van der Waals surface area contributed by atoms with Gasteiger partial charge >= 0.3 is 0 Å². The number of sulfonamides is 1. The molecule has 0 saturated carbocycles. The van der Waals surface area contributed by atoms with Gasteiger partial charge in [-0.3, -0.25) is 0 Å². The highest BCUT2D eigenvalue weighted by atomic mass is 79.9. The molecular weight excluding hydrogens is 402 g/mol. The van der Waals surface area contributed by atoms with Crippen LogP contribution in [0.1, 0.15) is 19.8 Å². The molecule has 0 radical (unpaired) electrons. The van der Waals surface area contributed by atoms with Crippen molar-refractivity contribution in [3.63, 3.8) is 0 Å². The van der Waals surface area contributed by atoms with E-state index in [9.17, 15) is 17.2 Å². The predicted molar refractivity (Wildman–Crippen MR) is 86.4 cm³/mol. The van der Waals surface area contributed by atoms with Gasteiger partial charge in [0.15, 0.2) is 0 Å². The van der Waals surface area contributed by atoms with Crippen molar-refractivity contribution >= 4 is 38.4 Å². The Bertz CT molecular complexity index is 635. The molecule has 1 unspecified atom stereocenters. The maximum Gasteiger partial charge on any atom is 0.246 e. The second-order valence-electron chi connectivity index (χ2n) is 5.30. The Hall–Kier alpha value is -0.280. The van der Waals surface area contributed by atoms with Crippen molar-refractivity contribution in [3.05, 3.63) is 28.2 Å². The van der Waals surface area contributed by atoms with Crippen LogP contribution in [0.15, 0.2) is 21.5 Å². The molecule has 1 saturated heterocycles. The molecule has 1 heterocycles. The summed E-state index contributed by atoms with van der Waals surface area (Å²) < 4.78 is 53.3. The highest BCUT2D eigenvalue weighted by Crippen LogP contribution is 2.29. The van der Waals surface area contributed by atoms with E-state index < -0.39 is 26.6 Å². The molecular formula is C13H18BrClF2N2O2S. The van der Waals surface area contributed by atoms with Crippen molar-refractivity contribution in [1.29, 1.82) is 0 Å². The second kappa shape index (κ2) is 7.53. The van der Waals surface area contributed by atoms with Gasteiger partial charge in [-0.1, -0.05) is 0 Å². The molecule has 1 fully saturated rings. The van der Waals surface area contributed by atoms with Gasteiger partial charge in [0, 0.05) is 19.1 Å². The van der Waals surface area contributed by atoms with E-state index in [0.29, 0.717) is 18.9 Å². The first kappa shape index (κ1) is 19.8. The molecule has 0 spiro atoms. The van der Waals surface area contributed by atoms with Crippen molar-refractivity contribution in [2.24, 2.45) is 11.7 Å². The summed E-state index contributed by atoms with van der Waals surface area (Å²) in [5.41, 5.74) is 5.81. The minimum Gasteiger partial charge on any atom is -0.328 e. The first-order chi connectivity index (χ1) is 9.73. The van der Waals surface area contributed by atoms with Crippen LogP contribution in [0, 0.1) is 17.6 Å². The van der Waals surface area contributed by atoms with Crippen LogP contribution in [0.2, 0.25) is 0 Å². The molecule has 126 valence electrons. The average molecular weight is 420 g/mol. The SMILES string of the molecule is CC(N)C1CCN(S(=O)(=O)c2cc(F)c(Br)cc2F)CC1.Cl. The third-order valence-electron chi connectivity index (χ3n) is 3.83. The summed E-state index contributed by atoms with van der Waals surface area (Å²) in [5.74, 6) is -1.51. The molecule has 2 N–H and O–H groups in total. The fourth-order valence-corrected chi connectivity index (χ4v) is 4.33. The number of nitrogens with two attached hydrogens (primary N) is 1. The molecule has 4 nitrogen and oxygen atoms in total. The lowest BCUT2D eigenvalue weighted by molar-refractivity contribution is 0.250. The summed E-state index contributed by atoms with van der Waals surface area (Å²) in [6.07, 6.45) is 1.25. The third kappa shape index (κ3) is 3.97. The van der Waals surface area contributed by atoms with Crippen LogP contribution in [0.5, 0.6) is 0 Å². The average Bonchev–Trinajstić information content (AvgIpc) is 2.42. The maximum absolute atomic E-state index is 13.9. The van der Waals surface area contributed by atoms with Gasteiger partial charge in [0.2, 0.25) is 10.0 Å². The summed E-state index contributed by atoms with van der Waals surface area (Å²) in [5, 5.41) is 0. The molecule has 2 rings (SSSR count). The zero-order valence-corrected chi connectivity index (χ0v) is 15.1. The molecule has 22 heavy (non-hydrogen) atoms. The number of hydrogen-bond acceptors (Lipinski definition) is 3. The molecule has 0 aliphatic carbocycles. The first-order valence-corrected chi connectivity index (χ1v) is 8.87. The molecule has 1 aromatic carbocycles. The standard InChI is InChI=1S/C13H17BrF2N2O2S.ClH/c1-8(17)9-2-4-18(5-3-9)21(19,20)13-7-11(15)10(14)6-12(13)16;/h6-9H,2-5,17H2,1H3;1H. The zero-order chi connectivity index (χ0) is 15.8. The van der Waals surface area contributed by atoms with Crippen molar-refractivity contribution in [2.75, 3.05) is 13.1 Å². The van der Waals surface area contributed by atoms with E-state index in [0.717, 1.165) is 6.07 Å². The van der Waals surface area contributed by atoms with Crippen molar-refractivity contribution in [1.82, 2.24) is 4.31 Å². The third-order valence-corrected chi connectivity index (χ3v) is 6.36. The van der Waals surface area contributed by atoms with Crippen LogP contribution in [-0.4, -0.2) is 31.9 Å². The fourth-order valence-electron chi connectivity index (χ4n) is 2.48. The number of nitrogens with zero attached hydrogens (tertiary/aromatic N) is 1. The summed E-state index contributed by atoms with van der Waals surface area (Å²) in [6, 6.07) is 1.54. The van der Waals surface area contributed by atoms with Crippen LogP contribution in [0.4, 0.5) is 8.78 Å². The number of rotatable bonds is 3. The Morgan fingerprint density at radius 3 is 2.32 bits per heavy atom. The van der Waals surface area contributed by atoms with Crippen molar-refractivity contribution < 1.29 is 17.2 Å². The van der Waals surface area contributed by atoms with Gasteiger partial charge in [0.05, 0.1) is 4.47 Å². The zero-order valence-electron chi connectivity index (χ0n) is 11.9. The molecule has 0 amide bonds. The van der Waals surface area contributed by atoms with Gasteiger partial charge < -0.3 is 5.73 Å². The van der Waals surface area contributed by atoms with Crippen molar-refractivity contribution in [3.8, 4) is 0 Å². The Morgan fingerprint density at radius 1 is 1.27 bits per heavy atom. The van der Waals surface area contributed by atoms with Gasteiger partial charge in [-0.25, -0.2) is 17.2 Å². The van der Waals surface area contributed by atoms with E-state index in [2.05, 4.69) is 15.9 Å². The van der Waals surface area contributed by atoms with Crippen LogP contribution in [-0.2, 0) is 10.0 Å². The van der Waals surface area contributed by atoms with E-state index in [-0.39, 0.29) is 41.9 Å². The van der Waals surface area contributed by atoms with E-state index in [1.807, 2.05) is 6.92 Å². The summed E-state index contributed by atoms with van der Waals surface area (Å²) in [7, 11) is -4.02. The Labute approximate surface area is 143 Å². The van der Waals surface area contributed by atoms with E-state index in [4.69, 9.17) is 5.73 Å². The smallest absolute Gasteiger partial charge is 0.246 e. The van der Waals surface area contributed by atoms with E-state index in [1.165, 1.54) is 4.31 Å². The Balaban J connectivity index is 0.00000242. The van der Waals surface area contributed by atoms with Crippen LogP contribution in [0.3, 0.4) is 0 Å². The first-order valence-electron chi connectivity index (χ1n) is 6.63. The second-order valence-corrected chi connectivity index (χ2v) is 8.06. The van der Waals surface area contributed by atoms with Gasteiger partial charge in [-0.2, -0.15) is 4.31 Å². The lowest BCUT2D eigenvalue weighted by Gasteiger charge is -2.33. The minimum atomic E-state index is -4.02. The topological polar surface area (TPSA) is 63.4 Å². The number of halogens is 4. The lowest BCUT2D eigenvalue weighted by Crippen LogP contribution is -2.42. The lowest BCUT2D eigenvalue weighted by atomic mass is 9.92. The Morgan fingerprint density at radius 2 is 1.82 bits per heavy atom. The normalized spacial score (nSPS) is 18.8. The van der Waals surface area contributed by atoms with Crippen molar-refractivity contribution in [2.45, 2.75) is 30.7 Å². The van der Waals surface area contributed by atoms with Gasteiger partial charge in [-0.05, 0) is 53.7 Å². The van der Waals surface area contributed by atoms with Gasteiger partial charge in [0.25, 0.3) is 0 Å². The van der Waals surface area contributed by atoms with Gasteiger partial charge in [-0.15, -0.1) is 12.4 Å². The molecule has 1 aromatic rings. The fraction of sp³-hybridized carbons (Fsp3) is 0.538. The minimum absolute atomic E-state index is 0. The summed E-state index contributed by atoms with van der Waals surface area (Å²) in [6.45, 7) is 2.43. The molecule has 0 bridgehead atoms. The van der Waals surface area contributed by atoms with Gasteiger partial charge in [0.1, 0.15) is 16.5 Å². The molecule has 9 heteroatoms. The summed E-state index contributed by atoms with van der Waals surface area (Å²) >= 11 is 2.83. The number of hydrogen-bond donors (Lipinski definition) is 1. The number of piperidine rings is 1. The Kier molecular flexibility index (Phi) is 6.76. The molecule has 1 atom stereocenters. The molecule has 1 aliphatic heterocycles. The molecule has 1 aliphatic rings. The van der Waals surface area contributed by atoms with E-state index in [1.54, 1.807) is 0 Å².